The number of aliphatic hydroxyl groups is 1. The second kappa shape index (κ2) is 5.89. The molecule has 0 radical (unpaired) electrons. The molecule has 0 fully saturated rings. The van der Waals surface area contributed by atoms with Gasteiger partial charge in [-0.2, -0.15) is 0 Å². The molecule has 0 atom stereocenters. The van der Waals surface area contributed by atoms with Crippen molar-refractivity contribution in [1.29, 1.82) is 0 Å². The van der Waals surface area contributed by atoms with Crippen LogP contribution in [-0.2, 0) is 12.0 Å². The van der Waals surface area contributed by atoms with Gasteiger partial charge in [0.2, 0.25) is 0 Å². The largest absolute Gasteiger partial charge is 0.489 e. The van der Waals surface area contributed by atoms with Gasteiger partial charge in [-0.1, -0.05) is 56.3 Å². The van der Waals surface area contributed by atoms with Crippen LogP contribution in [0.25, 0.3) is 0 Å². The summed E-state index contributed by atoms with van der Waals surface area (Å²) < 4.78 is 5.73. The van der Waals surface area contributed by atoms with E-state index >= 15 is 0 Å². The molecule has 1 N–H and O–H groups in total. The lowest BCUT2D eigenvalue weighted by Gasteiger charge is -2.22. The Morgan fingerprint density at radius 1 is 0.947 bits per heavy atom. The van der Waals surface area contributed by atoms with Crippen LogP contribution in [-0.4, -0.2) is 11.7 Å². The van der Waals surface area contributed by atoms with E-state index in [1.54, 1.807) is 0 Å². The van der Waals surface area contributed by atoms with E-state index in [0.29, 0.717) is 6.61 Å². The molecule has 0 heterocycles. The Kier molecular flexibility index (Phi) is 4.23. The molecule has 2 nitrogen and oxygen atoms in total. The molecule has 0 amide bonds. The molecule has 0 saturated heterocycles. The minimum atomic E-state index is -0.210. The van der Waals surface area contributed by atoms with Crippen LogP contribution in [0.5, 0.6) is 5.75 Å². The standard InChI is InChI=1S/C17H20O2/c1-17(2,13-18)15-8-10-16(11-9-15)19-12-14-6-4-3-5-7-14/h3-11,18H,12-13H2,1-2H3. The third kappa shape index (κ3) is 3.58. The lowest BCUT2D eigenvalue weighted by Crippen LogP contribution is -2.21. The zero-order valence-electron chi connectivity index (χ0n) is 11.5. The lowest BCUT2D eigenvalue weighted by molar-refractivity contribution is 0.218. The fourth-order valence-corrected chi connectivity index (χ4v) is 1.83. The average Bonchev–Trinajstić information content (AvgIpc) is 2.47. The molecule has 100 valence electrons. The van der Waals surface area contributed by atoms with Crippen LogP contribution in [0.3, 0.4) is 0 Å². The van der Waals surface area contributed by atoms with E-state index in [4.69, 9.17) is 4.74 Å². The molecule has 2 rings (SSSR count). The molecule has 0 unspecified atom stereocenters. The maximum Gasteiger partial charge on any atom is 0.119 e. The number of hydrogen-bond acceptors (Lipinski definition) is 2. The van der Waals surface area contributed by atoms with Crippen LogP contribution in [0.15, 0.2) is 54.6 Å². The quantitative estimate of drug-likeness (QED) is 0.886. The van der Waals surface area contributed by atoms with Crippen LogP contribution in [0, 0.1) is 0 Å². The first-order valence-corrected chi connectivity index (χ1v) is 6.50. The fraction of sp³-hybridized carbons (Fsp3) is 0.294. The van der Waals surface area contributed by atoms with Gasteiger partial charge < -0.3 is 9.84 Å². The van der Waals surface area contributed by atoms with Crippen molar-refractivity contribution >= 4 is 0 Å². The van der Waals surface area contributed by atoms with Gasteiger partial charge in [0.25, 0.3) is 0 Å². The van der Waals surface area contributed by atoms with E-state index in [-0.39, 0.29) is 12.0 Å². The molecular formula is C17H20O2. The van der Waals surface area contributed by atoms with Crippen LogP contribution in [0.1, 0.15) is 25.0 Å². The smallest absolute Gasteiger partial charge is 0.119 e. The molecule has 2 aromatic rings. The zero-order chi connectivity index (χ0) is 13.7. The molecule has 2 heteroatoms. The van der Waals surface area contributed by atoms with Crippen molar-refractivity contribution in [2.24, 2.45) is 0 Å². The predicted octanol–water partition coefficient (Wildman–Crippen LogP) is 3.54. The summed E-state index contributed by atoms with van der Waals surface area (Å²) in [6, 6.07) is 18.0. The summed E-state index contributed by atoms with van der Waals surface area (Å²) in [6.07, 6.45) is 0. The van der Waals surface area contributed by atoms with Crippen LogP contribution >= 0.6 is 0 Å². The predicted molar refractivity (Wildman–Crippen MR) is 77.3 cm³/mol. The van der Waals surface area contributed by atoms with Gasteiger partial charge in [-0.3, -0.25) is 0 Å². The van der Waals surface area contributed by atoms with E-state index in [1.165, 1.54) is 0 Å². The SMILES string of the molecule is CC(C)(CO)c1ccc(OCc2ccccc2)cc1. The van der Waals surface area contributed by atoms with Gasteiger partial charge in [0.05, 0.1) is 6.61 Å². The highest BCUT2D eigenvalue weighted by Crippen LogP contribution is 2.24. The Labute approximate surface area is 114 Å². The maximum atomic E-state index is 9.34. The Morgan fingerprint density at radius 3 is 2.16 bits per heavy atom. The fourth-order valence-electron chi connectivity index (χ4n) is 1.83. The van der Waals surface area contributed by atoms with Crippen molar-refractivity contribution < 1.29 is 9.84 Å². The highest BCUT2D eigenvalue weighted by Gasteiger charge is 2.18. The van der Waals surface area contributed by atoms with E-state index in [1.807, 2.05) is 68.4 Å². The lowest BCUT2D eigenvalue weighted by atomic mass is 9.86. The Morgan fingerprint density at radius 2 is 1.58 bits per heavy atom. The van der Waals surface area contributed by atoms with Crippen molar-refractivity contribution in [3.8, 4) is 5.75 Å². The number of hydrogen-bond donors (Lipinski definition) is 1. The summed E-state index contributed by atoms with van der Waals surface area (Å²) in [4.78, 5) is 0. The molecular weight excluding hydrogens is 236 g/mol. The topological polar surface area (TPSA) is 29.5 Å². The van der Waals surface area contributed by atoms with Crippen LogP contribution in [0.4, 0.5) is 0 Å². The molecule has 0 bridgehead atoms. The van der Waals surface area contributed by atoms with Crippen LogP contribution in [0.2, 0.25) is 0 Å². The summed E-state index contributed by atoms with van der Waals surface area (Å²) in [5.74, 6) is 0.848. The van der Waals surface area contributed by atoms with Crippen molar-refractivity contribution in [1.82, 2.24) is 0 Å². The number of aliphatic hydroxyl groups excluding tert-OH is 1. The number of ether oxygens (including phenoxy) is 1. The summed E-state index contributed by atoms with van der Waals surface area (Å²) in [6.45, 7) is 4.75. The van der Waals surface area contributed by atoms with Gasteiger partial charge in [0.15, 0.2) is 0 Å². The van der Waals surface area contributed by atoms with Crippen LogP contribution < -0.4 is 4.74 Å². The first kappa shape index (κ1) is 13.6. The third-order valence-corrected chi connectivity index (χ3v) is 3.28. The van der Waals surface area contributed by atoms with Gasteiger partial charge in [0.1, 0.15) is 12.4 Å². The molecule has 0 aliphatic carbocycles. The molecule has 19 heavy (non-hydrogen) atoms. The Balaban J connectivity index is 2.00. The van der Waals surface area contributed by atoms with Gasteiger partial charge >= 0.3 is 0 Å². The molecule has 0 saturated carbocycles. The first-order valence-electron chi connectivity index (χ1n) is 6.50. The zero-order valence-corrected chi connectivity index (χ0v) is 11.5. The van der Waals surface area contributed by atoms with E-state index < -0.39 is 0 Å². The molecule has 0 aliphatic rings. The van der Waals surface area contributed by atoms with Gasteiger partial charge in [-0.15, -0.1) is 0 Å². The molecule has 2 aromatic carbocycles. The van der Waals surface area contributed by atoms with Gasteiger partial charge in [-0.25, -0.2) is 0 Å². The molecule has 0 spiro atoms. The number of rotatable bonds is 5. The second-order valence-electron chi connectivity index (χ2n) is 5.34. The molecule has 0 aliphatic heterocycles. The second-order valence-corrected chi connectivity index (χ2v) is 5.34. The minimum Gasteiger partial charge on any atom is -0.489 e. The Bertz CT molecular complexity index is 501. The van der Waals surface area contributed by atoms with Crippen molar-refractivity contribution in [2.45, 2.75) is 25.9 Å². The number of benzene rings is 2. The van der Waals surface area contributed by atoms with E-state index in [9.17, 15) is 5.11 Å². The summed E-state index contributed by atoms with van der Waals surface area (Å²) in [7, 11) is 0. The summed E-state index contributed by atoms with van der Waals surface area (Å²) >= 11 is 0. The minimum absolute atomic E-state index is 0.136. The van der Waals surface area contributed by atoms with E-state index in [0.717, 1.165) is 16.9 Å². The third-order valence-electron chi connectivity index (χ3n) is 3.28. The van der Waals surface area contributed by atoms with Crippen molar-refractivity contribution in [3.63, 3.8) is 0 Å². The average molecular weight is 256 g/mol. The normalized spacial score (nSPS) is 11.3. The Hall–Kier alpha value is -1.80. The monoisotopic (exact) mass is 256 g/mol. The van der Waals surface area contributed by atoms with Gasteiger partial charge in [-0.05, 0) is 23.3 Å². The first-order chi connectivity index (χ1) is 9.12. The highest BCUT2D eigenvalue weighted by molar-refractivity contribution is 5.32. The highest BCUT2D eigenvalue weighted by atomic mass is 16.5. The van der Waals surface area contributed by atoms with Crippen molar-refractivity contribution in [3.05, 3.63) is 65.7 Å². The summed E-state index contributed by atoms with van der Waals surface area (Å²) in [5.41, 5.74) is 2.06. The van der Waals surface area contributed by atoms with Gasteiger partial charge in [0, 0.05) is 5.41 Å². The summed E-state index contributed by atoms with van der Waals surface area (Å²) in [5, 5.41) is 9.34. The maximum absolute atomic E-state index is 9.34. The van der Waals surface area contributed by atoms with E-state index in [2.05, 4.69) is 0 Å². The molecule has 0 aromatic heterocycles. The van der Waals surface area contributed by atoms with Crippen molar-refractivity contribution in [2.75, 3.05) is 6.61 Å².